The number of hydrogen-bond donors (Lipinski definition) is 3. The minimum Gasteiger partial charge on any atom is -0.455 e. The van der Waals surface area contributed by atoms with Crippen LogP contribution in [0.4, 0.5) is 10.5 Å². The number of carbonyl (C=O) groups is 2. The quantitative estimate of drug-likeness (QED) is 0.451. The molecule has 29 heavy (non-hydrogen) atoms. The zero-order valence-corrected chi connectivity index (χ0v) is 17.5. The molecule has 0 atom stereocenters. The molecule has 0 fully saturated rings. The van der Waals surface area contributed by atoms with Gasteiger partial charge in [0.05, 0.1) is 9.50 Å². The van der Waals surface area contributed by atoms with Crippen LogP contribution in [0.1, 0.15) is 15.9 Å². The van der Waals surface area contributed by atoms with Gasteiger partial charge in [0.1, 0.15) is 11.5 Å². The number of para-hydroxylation sites is 1. The minimum absolute atomic E-state index is 0.293. The fourth-order valence-electron chi connectivity index (χ4n) is 2.45. The van der Waals surface area contributed by atoms with Crippen LogP contribution in [0.25, 0.3) is 0 Å². The molecule has 0 saturated heterocycles. The molecule has 0 aromatic heterocycles. The Balaban J connectivity index is 1.57. The fraction of sp³-hybridized carbons (Fsp3) is 0.0476. The molecular weight excluding hydrogens is 458 g/mol. The number of amides is 3. The number of nitrogens with one attached hydrogen (secondary N) is 2. The van der Waals surface area contributed by atoms with Gasteiger partial charge in [-0.25, -0.2) is 4.79 Å². The number of rotatable bonds is 6. The van der Waals surface area contributed by atoms with Gasteiger partial charge in [-0.05, 0) is 64.0 Å². The maximum absolute atomic E-state index is 12.1. The van der Waals surface area contributed by atoms with Gasteiger partial charge >= 0.3 is 6.03 Å². The number of anilines is 1. The van der Waals surface area contributed by atoms with E-state index in [9.17, 15) is 9.59 Å². The smallest absolute Gasteiger partial charge is 0.319 e. The van der Waals surface area contributed by atoms with Crippen molar-refractivity contribution in [2.75, 3.05) is 5.32 Å². The first kappa shape index (κ1) is 20.7. The van der Waals surface area contributed by atoms with Gasteiger partial charge < -0.3 is 21.1 Å². The molecule has 148 valence electrons. The third kappa shape index (κ3) is 5.73. The Morgan fingerprint density at radius 1 is 1.00 bits per heavy atom. The first-order chi connectivity index (χ1) is 13.9. The van der Waals surface area contributed by atoms with Crippen LogP contribution in [-0.2, 0) is 6.54 Å². The lowest BCUT2D eigenvalue weighted by Crippen LogP contribution is -2.28. The molecule has 0 radical (unpaired) electrons. The zero-order valence-electron chi connectivity index (χ0n) is 15.1. The van der Waals surface area contributed by atoms with Crippen LogP contribution < -0.4 is 21.1 Å². The number of nitrogens with two attached hydrogens (primary N) is 1. The lowest BCUT2D eigenvalue weighted by Gasteiger charge is -2.12. The predicted molar refractivity (Wildman–Crippen MR) is 116 cm³/mol. The van der Waals surface area contributed by atoms with E-state index >= 15 is 0 Å². The maximum atomic E-state index is 12.1. The van der Waals surface area contributed by atoms with E-state index in [-0.39, 0.29) is 6.03 Å². The first-order valence-corrected chi connectivity index (χ1v) is 9.75. The Bertz CT molecular complexity index is 1040. The Labute approximate surface area is 181 Å². The highest BCUT2D eigenvalue weighted by molar-refractivity contribution is 9.10. The molecule has 0 aliphatic heterocycles. The van der Waals surface area contributed by atoms with E-state index in [1.54, 1.807) is 42.5 Å². The zero-order chi connectivity index (χ0) is 20.8. The molecule has 3 aromatic carbocycles. The highest BCUT2D eigenvalue weighted by Crippen LogP contribution is 2.34. The van der Waals surface area contributed by atoms with E-state index in [1.165, 1.54) is 0 Å². The summed E-state index contributed by atoms with van der Waals surface area (Å²) in [5.74, 6) is 0.612. The number of primary amides is 1. The van der Waals surface area contributed by atoms with Gasteiger partial charge in [-0.2, -0.15) is 0 Å². The van der Waals surface area contributed by atoms with Crippen molar-refractivity contribution in [2.24, 2.45) is 5.73 Å². The second-order valence-corrected chi connectivity index (χ2v) is 7.31. The highest BCUT2D eigenvalue weighted by atomic mass is 79.9. The van der Waals surface area contributed by atoms with Gasteiger partial charge in [0.25, 0.3) is 0 Å². The van der Waals surface area contributed by atoms with Gasteiger partial charge in [0.2, 0.25) is 5.91 Å². The lowest BCUT2D eigenvalue weighted by atomic mass is 10.1. The Morgan fingerprint density at radius 3 is 2.38 bits per heavy atom. The number of carbonyl (C=O) groups excluding carboxylic acids is 2. The predicted octanol–water partition coefficient (Wildman–Crippen LogP) is 5.32. The monoisotopic (exact) mass is 473 g/mol. The van der Waals surface area contributed by atoms with Crippen LogP contribution in [-0.4, -0.2) is 11.9 Å². The van der Waals surface area contributed by atoms with E-state index in [4.69, 9.17) is 22.1 Å². The Morgan fingerprint density at radius 2 is 1.72 bits per heavy atom. The number of halogens is 2. The summed E-state index contributed by atoms with van der Waals surface area (Å²) in [5, 5.41) is 5.80. The van der Waals surface area contributed by atoms with Crippen molar-refractivity contribution in [3.8, 4) is 11.5 Å². The summed E-state index contributed by atoms with van der Waals surface area (Å²) < 4.78 is 6.60. The molecule has 0 bridgehead atoms. The highest BCUT2D eigenvalue weighted by Gasteiger charge is 2.09. The van der Waals surface area contributed by atoms with E-state index in [0.717, 1.165) is 10.0 Å². The molecule has 4 N–H and O–H groups in total. The van der Waals surface area contributed by atoms with E-state index in [0.29, 0.717) is 34.3 Å². The second kappa shape index (κ2) is 9.45. The van der Waals surface area contributed by atoms with Crippen molar-refractivity contribution < 1.29 is 14.3 Å². The van der Waals surface area contributed by atoms with Crippen molar-refractivity contribution >= 4 is 45.2 Å². The number of urea groups is 1. The third-order valence-electron chi connectivity index (χ3n) is 3.94. The molecular formula is C21H17BrClN3O3. The van der Waals surface area contributed by atoms with Crippen LogP contribution in [0.15, 0.2) is 71.2 Å². The molecule has 6 nitrogen and oxygen atoms in total. The molecule has 8 heteroatoms. The van der Waals surface area contributed by atoms with Crippen molar-refractivity contribution in [2.45, 2.75) is 6.54 Å². The summed E-state index contributed by atoms with van der Waals surface area (Å²) in [6.45, 7) is 0.293. The van der Waals surface area contributed by atoms with Crippen molar-refractivity contribution in [1.29, 1.82) is 0 Å². The van der Waals surface area contributed by atoms with Crippen LogP contribution in [0, 0.1) is 0 Å². The van der Waals surface area contributed by atoms with E-state index in [2.05, 4.69) is 26.6 Å². The third-order valence-corrected chi connectivity index (χ3v) is 4.89. The summed E-state index contributed by atoms with van der Waals surface area (Å²) in [5.41, 5.74) is 6.98. The first-order valence-electron chi connectivity index (χ1n) is 8.58. The van der Waals surface area contributed by atoms with E-state index < -0.39 is 5.91 Å². The largest absolute Gasteiger partial charge is 0.455 e. The molecule has 0 aliphatic rings. The van der Waals surface area contributed by atoms with Crippen LogP contribution in [0.3, 0.4) is 0 Å². The van der Waals surface area contributed by atoms with Crippen LogP contribution >= 0.6 is 27.5 Å². The number of benzene rings is 3. The molecule has 3 rings (SSSR count). The standard InChI is InChI=1S/C21H17BrClN3O3/c22-16-3-1-2-4-18(16)29-19-10-9-15(11-17(19)23)26-21(28)25-12-13-5-7-14(8-6-13)20(24)27/h1-11H,12H2,(H2,24,27)(H2,25,26,28). The Hall–Kier alpha value is -3.03. The topological polar surface area (TPSA) is 93.5 Å². The molecule has 3 aromatic rings. The summed E-state index contributed by atoms with van der Waals surface area (Å²) in [7, 11) is 0. The molecule has 0 heterocycles. The summed E-state index contributed by atoms with van der Waals surface area (Å²) in [6, 6.07) is 18.7. The minimum atomic E-state index is -0.494. The summed E-state index contributed by atoms with van der Waals surface area (Å²) in [6.07, 6.45) is 0. The SMILES string of the molecule is NC(=O)c1ccc(CNC(=O)Nc2ccc(Oc3ccccc3Br)c(Cl)c2)cc1. The average Bonchev–Trinajstić information content (AvgIpc) is 2.70. The molecule has 0 spiro atoms. The van der Waals surface area contributed by atoms with Gasteiger partial charge in [-0.15, -0.1) is 0 Å². The van der Waals surface area contributed by atoms with Crippen molar-refractivity contribution in [1.82, 2.24) is 5.32 Å². The van der Waals surface area contributed by atoms with Gasteiger partial charge in [0.15, 0.2) is 0 Å². The van der Waals surface area contributed by atoms with Gasteiger partial charge in [-0.3, -0.25) is 4.79 Å². The Kier molecular flexibility index (Phi) is 6.74. The van der Waals surface area contributed by atoms with Crippen LogP contribution in [0.2, 0.25) is 5.02 Å². The summed E-state index contributed by atoms with van der Waals surface area (Å²) >= 11 is 9.70. The maximum Gasteiger partial charge on any atom is 0.319 e. The van der Waals surface area contributed by atoms with Gasteiger partial charge in [-0.1, -0.05) is 35.9 Å². The molecule has 0 unspecified atom stereocenters. The average molecular weight is 475 g/mol. The molecule has 0 saturated carbocycles. The van der Waals surface area contributed by atoms with Crippen molar-refractivity contribution in [3.63, 3.8) is 0 Å². The normalized spacial score (nSPS) is 10.3. The number of hydrogen-bond acceptors (Lipinski definition) is 3. The number of ether oxygens (including phenoxy) is 1. The lowest BCUT2D eigenvalue weighted by molar-refractivity contribution is 0.1000. The van der Waals surface area contributed by atoms with E-state index in [1.807, 2.05) is 24.3 Å². The van der Waals surface area contributed by atoms with Crippen LogP contribution in [0.5, 0.6) is 11.5 Å². The molecule has 3 amide bonds. The second-order valence-electron chi connectivity index (χ2n) is 6.05. The van der Waals surface area contributed by atoms with Gasteiger partial charge in [0, 0.05) is 17.8 Å². The fourth-order valence-corrected chi connectivity index (χ4v) is 3.04. The van der Waals surface area contributed by atoms with Crippen molar-refractivity contribution in [3.05, 3.63) is 87.4 Å². The summed E-state index contributed by atoms with van der Waals surface area (Å²) in [4.78, 5) is 23.2. The molecule has 0 aliphatic carbocycles.